The van der Waals surface area contributed by atoms with Crippen molar-refractivity contribution in [2.75, 3.05) is 0 Å². The van der Waals surface area contributed by atoms with Crippen molar-refractivity contribution in [1.29, 1.82) is 0 Å². The molecule has 62 valence electrons. The van der Waals surface area contributed by atoms with Crippen LogP contribution in [0, 0.1) is 0 Å². The van der Waals surface area contributed by atoms with Crippen molar-refractivity contribution in [3.63, 3.8) is 0 Å². The maximum absolute atomic E-state index is 5.92. The summed E-state index contributed by atoms with van der Waals surface area (Å²) in [7, 11) is -0.231. The molecule has 0 amide bonds. The van der Waals surface area contributed by atoms with Crippen molar-refractivity contribution >= 4 is 19.9 Å². The van der Waals surface area contributed by atoms with Crippen molar-refractivity contribution in [3.8, 4) is 0 Å². The Bertz CT molecular complexity index is 66.3. The molecule has 0 aromatic carbocycles. The summed E-state index contributed by atoms with van der Waals surface area (Å²) in [5.41, 5.74) is 0.923. The Morgan fingerprint density at radius 1 is 1.20 bits per heavy atom. The fourth-order valence-corrected chi connectivity index (χ4v) is 3.13. The summed E-state index contributed by atoms with van der Waals surface area (Å²) in [5, 5.41) is 0. The molecule has 1 atom stereocenters. The van der Waals surface area contributed by atoms with Crippen LogP contribution in [0.3, 0.4) is 0 Å². The van der Waals surface area contributed by atoms with Gasteiger partial charge in [-0.05, 0) is 5.54 Å². The van der Waals surface area contributed by atoms with E-state index in [1.165, 1.54) is 32.1 Å². The molecule has 0 heterocycles. The predicted octanol–water partition coefficient (Wildman–Crippen LogP) is 3.09. The van der Waals surface area contributed by atoms with Crippen LogP contribution in [-0.2, 0) is 0 Å². The highest BCUT2D eigenvalue weighted by Crippen LogP contribution is 2.20. The van der Waals surface area contributed by atoms with Crippen LogP contribution in [0.4, 0.5) is 0 Å². The molecule has 0 rings (SSSR count). The molecule has 0 aliphatic carbocycles. The lowest BCUT2D eigenvalue weighted by Gasteiger charge is -2.09. The van der Waals surface area contributed by atoms with Gasteiger partial charge in [0.1, 0.15) is 8.83 Å². The standard InChI is InChI=1S/C8H19ClSi/c1-3-5-7-8(10-9)6-4-2/h8H,3-7,10H2,1-2H3. The van der Waals surface area contributed by atoms with Crippen molar-refractivity contribution in [3.05, 3.63) is 0 Å². The lowest BCUT2D eigenvalue weighted by Crippen LogP contribution is -1.97. The molecule has 0 nitrogen and oxygen atoms in total. The molecule has 0 spiro atoms. The summed E-state index contributed by atoms with van der Waals surface area (Å²) in [6, 6.07) is 0. The molecular weight excluding hydrogens is 160 g/mol. The van der Waals surface area contributed by atoms with Crippen LogP contribution in [0.15, 0.2) is 0 Å². The zero-order chi connectivity index (χ0) is 7.82. The Balaban J connectivity index is 3.21. The molecular formula is C8H19ClSi. The molecule has 10 heavy (non-hydrogen) atoms. The van der Waals surface area contributed by atoms with E-state index >= 15 is 0 Å². The second kappa shape index (κ2) is 7.61. The van der Waals surface area contributed by atoms with Crippen LogP contribution >= 0.6 is 11.1 Å². The van der Waals surface area contributed by atoms with E-state index in [1.807, 2.05) is 0 Å². The first-order valence-corrected chi connectivity index (χ1v) is 7.36. The number of hydrogen-bond acceptors (Lipinski definition) is 0. The third-order valence-corrected chi connectivity index (χ3v) is 4.44. The van der Waals surface area contributed by atoms with Gasteiger partial charge in [-0.2, -0.15) is 11.1 Å². The average molecular weight is 179 g/mol. The van der Waals surface area contributed by atoms with Crippen LogP contribution < -0.4 is 0 Å². The Labute approximate surface area is 71.9 Å². The minimum absolute atomic E-state index is 0.231. The van der Waals surface area contributed by atoms with Crippen LogP contribution in [0.5, 0.6) is 0 Å². The molecule has 0 saturated heterocycles. The summed E-state index contributed by atoms with van der Waals surface area (Å²) in [4.78, 5) is 0. The molecule has 0 N–H and O–H groups in total. The summed E-state index contributed by atoms with van der Waals surface area (Å²) in [6.45, 7) is 4.50. The largest absolute Gasteiger partial charge is 0.176 e. The second-order valence-electron chi connectivity index (χ2n) is 2.95. The highest BCUT2D eigenvalue weighted by atomic mass is 35.6. The van der Waals surface area contributed by atoms with E-state index in [9.17, 15) is 0 Å². The lowest BCUT2D eigenvalue weighted by atomic mass is 10.1. The molecule has 0 fully saturated rings. The summed E-state index contributed by atoms with van der Waals surface area (Å²) < 4.78 is 0. The third-order valence-electron chi connectivity index (χ3n) is 1.88. The van der Waals surface area contributed by atoms with E-state index in [1.54, 1.807) is 0 Å². The van der Waals surface area contributed by atoms with Crippen LogP contribution in [0.1, 0.15) is 46.0 Å². The molecule has 0 aliphatic heterocycles. The van der Waals surface area contributed by atoms with Gasteiger partial charge in [0.15, 0.2) is 0 Å². The Morgan fingerprint density at radius 2 is 1.90 bits per heavy atom. The van der Waals surface area contributed by atoms with E-state index < -0.39 is 0 Å². The fourth-order valence-electron chi connectivity index (χ4n) is 1.20. The predicted molar refractivity (Wildman–Crippen MR) is 52.6 cm³/mol. The Morgan fingerprint density at radius 3 is 2.30 bits per heavy atom. The molecule has 0 bridgehead atoms. The van der Waals surface area contributed by atoms with Gasteiger partial charge < -0.3 is 0 Å². The highest BCUT2D eigenvalue weighted by Gasteiger charge is 2.04. The van der Waals surface area contributed by atoms with E-state index in [0.717, 1.165) is 5.54 Å². The van der Waals surface area contributed by atoms with E-state index in [4.69, 9.17) is 11.1 Å². The monoisotopic (exact) mass is 178 g/mol. The molecule has 0 aromatic heterocycles. The maximum Gasteiger partial charge on any atom is 0.128 e. The minimum Gasteiger partial charge on any atom is -0.176 e. The zero-order valence-electron chi connectivity index (χ0n) is 7.20. The summed E-state index contributed by atoms with van der Waals surface area (Å²) >= 11 is 5.92. The van der Waals surface area contributed by atoms with Gasteiger partial charge in [-0.25, -0.2) is 0 Å². The normalized spacial score (nSPS) is 14.7. The molecule has 0 saturated carbocycles. The van der Waals surface area contributed by atoms with Gasteiger partial charge in [-0.3, -0.25) is 0 Å². The van der Waals surface area contributed by atoms with Gasteiger partial charge in [-0.1, -0.05) is 46.0 Å². The number of halogens is 1. The van der Waals surface area contributed by atoms with Crippen LogP contribution in [0.2, 0.25) is 5.54 Å². The number of hydrogen-bond donors (Lipinski definition) is 0. The summed E-state index contributed by atoms with van der Waals surface area (Å²) in [5.74, 6) is 0. The van der Waals surface area contributed by atoms with Crippen molar-refractivity contribution < 1.29 is 0 Å². The van der Waals surface area contributed by atoms with Gasteiger partial charge in [0, 0.05) is 0 Å². The summed E-state index contributed by atoms with van der Waals surface area (Å²) in [6.07, 6.45) is 6.78. The first-order valence-electron chi connectivity index (χ1n) is 4.41. The molecule has 2 heteroatoms. The van der Waals surface area contributed by atoms with Gasteiger partial charge >= 0.3 is 0 Å². The zero-order valence-corrected chi connectivity index (χ0v) is 9.37. The van der Waals surface area contributed by atoms with Crippen LogP contribution in [-0.4, -0.2) is 8.83 Å². The molecule has 0 aromatic rings. The lowest BCUT2D eigenvalue weighted by molar-refractivity contribution is 0.622. The van der Waals surface area contributed by atoms with Gasteiger partial charge in [0.05, 0.1) is 0 Å². The first kappa shape index (κ1) is 10.5. The van der Waals surface area contributed by atoms with Gasteiger partial charge in [-0.15, -0.1) is 0 Å². The number of rotatable bonds is 6. The quantitative estimate of drug-likeness (QED) is 0.433. The van der Waals surface area contributed by atoms with Crippen molar-refractivity contribution in [2.45, 2.75) is 51.5 Å². The van der Waals surface area contributed by atoms with E-state index in [0.29, 0.717) is 0 Å². The second-order valence-corrected chi connectivity index (χ2v) is 5.34. The first-order chi connectivity index (χ1) is 4.85. The molecule has 0 radical (unpaired) electrons. The van der Waals surface area contributed by atoms with Crippen molar-refractivity contribution in [2.24, 2.45) is 0 Å². The maximum atomic E-state index is 5.92. The minimum atomic E-state index is -0.231. The molecule has 1 unspecified atom stereocenters. The van der Waals surface area contributed by atoms with Crippen LogP contribution in [0.25, 0.3) is 0 Å². The third kappa shape index (κ3) is 5.30. The average Bonchev–Trinajstić information content (AvgIpc) is 1.98. The highest BCUT2D eigenvalue weighted by molar-refractivity contribution is 6.94. The molecule has 0 aliphatic rings. The Hall–Kier alpha value is 0.507. The van der Waals surface area contributed by atoms with E-state index in [2.05, 4.69) is 13.8 Å². The van der Waals surface area contributed by atoms with E-state index in [-0.39, 0.29) is 8.83 Å². The van der Waals surface area contributed by atoms with Gasteiger partial charge in [0.2, 0.25) is 0 Å². The van der Waals surface area contributed by atoms with Crippen molar-refractivity contribution in [1.82, 2.24) is 0 Å². The SMILES string of the molecule is CCCCC(CCC)[SiH2]Cl. The van der Waals surface area contributed by atoms with Gasteiger partial charge in [0.25, 0.3) is 0 Å². The Kier molecular flexibility index (Phi) is 8.00. The smallest absolute Gasteiger partial charge is 0.128 e. The fraction of sp³-hybridized carbons (Fsp3) is 1.00. The number of unbranched alkanes of at least 4 members (excludes halogenated alkanes) is 1. The topological polar surface area (TPSA) is 0 Å².